The Morgan fingerprint density at radius 2 is 1.86 bits per heavy atom. The number of nitrogens with one attached hydrogen (secondary N) is 2. The summed E-state index contributed by atoms with van der Waals surface area (Å²) in [5.74, 6) is -0.0162. The lowest BCUT2D eigenvalue weighted by molar-refractivity contribution is 0.0945. The molecule has 0 radical (unpaired) electrons. The van der Waals surface area contributed by atoms with Gasteiger partial charge in [-0.2, -0.15) is 0 Å². The second kappa shape index (κ2) is 6.73. The number of sulfonamides is 1. The zero-order valence-corrected chi connectivity index (χ0v) is 13.0. The molecule has 2 N–H and O–H groups in total. The third-order valence-corrected chi connectivity index (χ3v) is 4.12. The number of methoxy groups -OCH3 is 1. The van der Waals surface area contributed by atoms with Crippen molar-refractivity contribution in [1.82, 2.24) is 15.2 Å². The molecule has 0 aliphatic carbocycles. The highest BCUT2D eigenvalue weighted by molar-refractivity contribution is 7.89. The minimum atomic E-state index is -3.92. The number of ether oxygens (including phenoxy) is 1. The number of nitrogens with zero attached hydrogens (tertiary/aromatic N) is 1. The number of rotatable bonds is 5. The van der Waals surface area contributed by atoms with Crippen molar-refractivity contribution in [2.24, 2.45) is 0 Å². The number of hydrazine groups is 1. The van der Waals surface area contributed by atoms with E-state index in [0.717, 1.165) is 6.20 Å². The first-order chi connectivity index (χ1) is 10.4. The highest BCUT2D eigenvalue weighted by Gasteiger charge is 2.16. The van der Waals surface area contributed by atoms with Crippen LogP contribution in [0.3, 0.4) is 0 Å². The third-order valence-electron chi connectivity index (χ3n) is 2.66. The average molecular weight is 342 g/mol. The topological polar surface area (TPSA) is 97.4 Å². The molecule has 116 valence electrons. The fraction of sp³-hybridized carbons (Fsp3) is 0.0769. The maximum Gasteiger partial charge on any atom is 0.266 e. The fourth-order valence-corrected chi connectivity index (χ4v) is 2.40. The smallest absolute Gasteiger partial charge is 0.266 e. The van der Waals surface area contributed by atoms with E-state index in [2.05, 4.69) is 10.4 Å². The van der Waals surface area contributed by atoms with E-state index in [1.54, 1.807) is 12.1 Å². The number of aromatic nitrogens is 1. The summed E-state index contributed by atoms with van der Waals surface area (Å²) in [6, 6.07) is 8.80. The van der Waals surface area contributed by atoms with Crippen molar-refractivity contribution in [3.63, 3.8) is 0 Å². The minimum Gasteiger partial charge on any atom is -0.497 e. The molecule has 0 fully saturated rings. The summed E-state index contributed by atoms with van der Waals surface area (Å²) >= 11 is 5.59. The van der Waals surface area contributed by atoms with Gasteiger partial charge in [-0.15, -0.1) is 4.83 Å². The number of benzene rings is 1. The zero-order valence-electron chi connectivity index (χ0n) is 11.4. The molecular weight excluding hydrogens is 330 g/mol. The summed E-state index contributed by atoms with van der Waals surface area (Å²) in [7, 11) is -2.42. The predicted molar refractivity (Wildman–Crippen MR) is 80.0 cm³/mol. The third kappa shape index (κ3) is 3.94. The molecule has 22 heavy (non-hydrogen) atoms. The van der Waals surface area contributed by atoms with E-state index in [9.17, 15) is 13.2 Å². The number of halogens is 1. The molecule has 9 heteroatoms. The molecule has 0 saturated carbocycles. The Kier molecular flexibility index (Phi) is 4.96. The molecule has 0 spiro atoms. The Hall–Kier alpha value is -2.16. The quantitative estimate of drug-likeness (QED) is 0.632. The molecule has 0 aliphatic heterocycles. The Morgan fingerprint density at radius 1 is 1.18 bits per heavy atom. The van der Waals surface area contributed by atoms with Crippen LogP contribution in [0.2, 0.25) is 5.15 Å². The number of hydrogen-bond donors (Lipinski definition) is 2. The lowest BCUT2D eigenvalue weighted by Gasteiger charge is -2.08. The molecular formula is C13H12ClN3O4S. The van der Waals surface area contributed by atoms with E-state index in [1.165, 1.54) is 31.4 Å². The van der Waals surface area contributed by atoms with Gasteiger partial charge in [-0.1, -0.05) is 11.6 Å². The SMILES string of the molecule is COc1ccc(C(=O)NNS(=O)(=O)c2ccc(Cl)nc2)cc1. The van der Waals surface area contributed by atoms with Crippen LogP contribution < -0.4 is 15.0 Å². The van der Waals surface area contributed by atoms with Crippen molar-refractivity contribution in [2.75, 3.05) is 7.11 Å². The Morgan fingerprint density at radius 3 is 2.41 bits per heavy atom. The van der Waals surface area contributed by atoms with Gasteiger partial charge in [0.25, 0.3) is 15.9 Å². The van der Waals surface area contributed by atoms with Gasteiger partial charge in [0, 0.05) is 11.8 Å². The molecule has 7 nitrogen and oxygen atoms in total. The van der Waals surface area contributed by atoms with E-state index in [-0.39, 0.29) is 15.6 Å². The summed E-state index contributed by atoms with van der Waals surface area (Å²) in [6.45, 7) is 0. The van der Waals surface area contributed by atoms with Gasteiger partial charge in [0.1, 0.15) is 15.8 Å². The van der Waals surface area contributed by atoms with Crippen LogP contribution in [0.1, 0.15) is 10.4 Å². The molecule has 0 saturated heterocycles. The second-order valence-electron chi connectivity index (χ2n) is 4.10. The number of pyridine rings is 1. The van der Waals surface area contributed by atoms with E-state index in [4.69, 9.17) is 16.3 Å². The van der Waals surface area contributed by atoms with Crippen molar-refractivity contribution in [2.45, 2.75) is 4.90 Å². The molecule has 1 aromatic heterocycles. The Labute approximate surface area is 132 Å². The zero-order chi connectivity index (χ0) is 16.2. The standard InChI is InChI=1S/C13H12ClN3O4S/c1-21-10-4-2-9(3-5-10)13(18)16-17-22(19,20)11-6-7-12(14)15-8-11/h2-8,17H,1H3,(H,16,18). The average Bonchev–Trinajstić information content (AvgIpc) is 2.53. The van der Waals surface area contributed by atoms with Gasteiger partial charge in [-0.05, 0) is 36.4 Å². The number of hydrogen-bond acceptors (Lipinski definition) is 5. The fourth-order valence-electron chi connectivity index (χ4n) is 1.51. The van der Waals surface area contributed by atoms with Crippen molar-refractivity contribution in [3.8, 4) is 5.75 Å². The summed E-state index contributed by atoms with van der Waals surface area (Å²) < 4.78 is 28.9. The van der Waals surface area contributed by atoms with Gasteiger partial charge in [0.05, 0.1) is 7.11 Å². The molecule has 1 aromatic carbocycles. The largest absolute Gasteiger partial charge is 0.497 e. The van der Waals surface area contributed by atoms with Gasteiger partial charge in [0.15, 0.2) is 0 Å². The monoisotopic (exact) mass is 341 g/mol. The predicted octanol–water partition coefficient (Wildman–Crippen LogP) is 1.37. The van der Waals surface area contributed by atoms with Gasteiger partial charge in [0.2, 0.25) is 0 Å². The Bertz CT molecular complexity index is 761. The lowest BCUT2D eigenvalue weighted by Crippen LogP contribution is -2.41. The summed E-state index contributed by atoms with van der Waals surface area (Å²) in [5, 5.41) is 0.168. The van der Waals surface area contributed by atoms with Crippen molar-refractivity contribution < 1.29 is 17.9 Å². The molecule has 2 rings (SSSR count). The first kappa shape index (κ1) is 16.2. The van der Waals surface area contributed by atoms with E-state index >= 15 is 0 Å². The highest BCUT2D eigenvalue weighted by atomic mass is 35.5. The first-order valence-electron chi connectivity index (χ1n) is 6.00. The van der Waals surface area contributed by atoms with Crippen LogP contribution in [0.15, 0.2) is 47.5 Å². The molecule has 1 amide bonds. The minimum absolute atomic E-state index is 0.119. The normalized spacial score (nSPS) is 11.0. The maximum atomic E-state index is 12.0. The maximum absolute atomic E-state index is 12.0. The van der Waals surface area contributed by atoms with Gasteiger partial charge < -0.3 is 4.74 Å². The Balaban J connectivity index is 2.04. The second-order valence-corrected chi connectivity index (χ2v) is 6.17. The van der Waals surface area contributed by atoms with Crippen LogP contribution in [-0.4, -0.2) is 26.4 Å². The van der Waals surface area contributed by atoms with Crippen molar-refractivity contribution in [3.05, 3.63) is 53.3 Å². The lowest BCUT2D eigenvalue weighted by atomic mass is 10.2. The van der Waals surface area contributed by atoms with Crippen LogP contribution in [0.25, 0.3) is 0 Å². The van der Waals surface area contributed by atoms with E-state index in [0.29, 0.717) is 5.75 Å². The molecule has 0 atom stereocenters. The molecule has 0 bridgehead atoms. The van der Waals surface area contributed by atoms with Crippen LogP contribution in [-0.2, 0) is 10.0 Å². The van der Waals surface area contributed by atoms with Gasteiger partial charge in [-0.25, -0.2) is 13.4 Å². The van der Waals surface area contributed by atoms with Crippen LogP contribution in [0.5, 0.6) is 5.75 Å². The van der Waals surface area contributed by atoms with Crippen molar-refractivity contribution >= 4 is 27.5 Å². The molecule has 1 heterocycles. The van der Waals surface area contributed by atoms with Crippen LogP contribution in [0, 0.1) is 0 Å². The number of amides is 1. The van der Waals surface area contributed by atoms with Crippen LogP contribution >= 0.6 is 11.6 Å². The van der Waals surface area contributed by atoms with Gasteiger partial charge in [-0.3, -0.25) is 10.2 Å². The summed E-state index contributed by atoms with van der Waals surface area (Å²) in [5.41, 5.74) is 2.39. The van der Waals surface area contributed by atoms with Gasteiger partial charge >= 0.3 is 0 Å². The first-order valence-corrected chi connectivity index (χ1v) is 7.86. The highest BCUT2D eigenvalue weighted by Crippen LogP contribution is 2.12. The molecule has 0 aliphatic rings. The summed E-state index contributed by atoms with van der Waals surface area (Å²) in [6.07, 6.45) is 1.09. The number of carbonyl (C=O) groups is 1. The van der Waals surface area contributed by atoms with Crippen molar-refractivity contribution in [1.29, 1.82) is 0 Å². The summed E-state index contributed by atoms with van der Waals surface area (Å²) in [4.78, 5) is 17.4. The van der Waals surface area contributed by atoms with E-state index in [1.807, 2.05) is 4.83 Å². The molecule has 2 aromatic rings. The van der Waals surface area contributed by atoms with Crippen LogP contribution in [0.4, 0.5) is 0 Å². The van der Waals surface area contributed by atoms with E-state index < -0.39 is 15.9 Å². The molecule has 0 unspecified atom stereocenters. The number of carbonyl (C=O) groups excluding carboxylic acids is 1.